The number of benzene rings is 2. The van der Waals surface area contributed by atoms with Crippen LogP contribution < -0.4 is 19.1 Å². The molecule has 0 saturated carbocycles. The van der Waals surface area contributed by atoms with Crippen LogP contribution in [0.4, 0.5) is 5.69 Å². The Kier molecular flexibility index (Phi) is 9.55. The first-order valence-electron chi connectivity index (χ1n) is 11.9. The van der Waals surface area contributed by atoms with Gasteiger partial charge >= 0.3 is 0 Å². The van der Waals surface area contributed by atoms with Crippen LogP contribution in [-0.2, 0) is 26.2 Å². The molecule has 2 amide bonds. The second kappa shape index (κ2) is 12.2. The molecule has 1 N–H and O–H groups in total. The van der Waals surface area contributed by atoms with E-state index >= 15 is 0 Å². The summed E-state index contributed by atoms with van der Waals surface area (Å²) in [6.07, 6.45) is 0.289. The summed E-state index contributed by atoms with van der Waals surface area (Å²) in [5, 5.41) is 3.50. The quantitative estimate of drug-likeness (QED) is 0.433. The number of rotatable bonds is 11. The van der Waals surface area contributed by atoms with Gasteiger partial charge in [-0.05, 0) is 51.5 Å². The Bertz CT molecular complexity index is 1230. The molecule has 0 aromatic heterocycles. The van der Waals surface area contributed by atoms with Crippen molar-refractivity contribution in [1.82, 2.24) is 10.2 Å². The van der Waals surface area contributed by atoms with Gasteiger partial charge in [-0.2, -0.15) is 0 Å². The van der Waals surface area contributed by atoms with Gasteiger partial charge in [0.25, 0.3) is 0 Å². The number of carbonyl (C=O) groups is 2. The largest absolute Gasteiger partial charge is 0.454 e. The molecule has 0 spiro atoms. The summed E-state index contributed by atoms with van der Waals surface area (Å²) in [6, 6.07) is 8.57. The van der Waals surface area contributed by atoms with Crippen molar-refractivity contribution < 1.29 is 27.5 Å². The Morgan fingerprint density at radius 3 is 2.30 bits per heavy atom. The Morgan fingerprint density at radius 2 is 1.70 bits per heavy atom. The van der Waals surface area contributed by atoms with Gasteiger partial charge in [0.05, 0.1) is 11.4 Å². The topological polar surface area (TPSA) is 105 Å². The maximum absolute atomic E-state index is 13.8. The fourth-order valence-electron chi connectivity index (χ4n) is 3.91. The lowest BCUT2D eigenvalue weighted by molar-refractivity contribution is -0.140. The number of nitrogens with one attached hydrogen (secondary N) is 1. The third-order valence-electron chi connectivity index (χ3n) is 5.83. The average molecular weight is 573 g/mol. The van der Waals surface area contributed by atoms with E-state index in [9.17, 15) is 18.0 Å². The monoisotopic (exact) mass is 571 g/mol. The third-order valence-corrected chi connectivity index (χ3v) is 8.28. The fourth-order valence-corrected chi connectivity index (χ4v) is 5.48. The molecule has 9 nitrogen and oxygen atoms in total. The van der Waals surface area contributed by atoms with E-state index < -0.39 is 28.5 Å². The average Bonchev–Trinajstić information content (AvgIpc) is 3.31. The highest BCUT2D eigenvalue weighted by Crippen LogP contribution is 2.36. The van der Waals surface area contributed by atoms with Crippen LogP contribution >= 0.6 is 23.2 Å². The van der Waals surface area contributed by atoms with Crippen LogP contribution in [-0.4, -0.2) is 56.3 Å². The van der Waals surface area contributed by atoms with Crippen molar-refractivity contribution in [1.29, 1.82) is 0 Å². The molecule has 1 aliphatic rings. The molecule has 0 fully saturated rings. The number of anilines is 1. The van der Waals surface area contributed by atoms with Crippen LogP contribution in [0.25, 0.3) is 0 Å². The van der Waals surface area contributed by atoms with Gasteiger partial charge in [0.15, 0.2) is 11.5 Å². The van der Waals surface area contributed by atoms with Crippen molar-refractivity contribution in [3.8, 4) is 11.5 Å². The second-order valence-corrected chi connectivity index (χ2v) is 11.8. The van der Waals surface area contributed by atoms with E-state index in [1.165, 1.54) is 17.9 Å². The first-order valence-corrected chi connectivity index (χ1v) is 14.3. The molecule has 1 aliphatic heterocycles. The van der Waals surface area contributed by atoms with Gasteiger partial charge in [0.2, 0.25) is 28.6 Å². The van der Waals surface area contributed by atoms with Crippen LogP contribution in [0.15, 0.2) is 36.4 Å². The molecule has 1 atom stereocenters. The van der Waals surface area contributed by atoms with Crippen LogP contribution in [0.2, 0.25) is 10.0 Å². The zero-order valence-corrected chi connectivity index (χ0v) is 23.5. The summed E-state index contributed by atoms with van der Waals surface area (Å²) in [5.74, 6) is -0.326. The lowest BCUT2D eigenvalue weighted by Crippen LogP contribution is -2.53. The molecule has 0 aliphatic carbocycles. The molecule has 0 bridgehead atoms. The van der Waals surface area contributed by atoms with Gasteiger partial charge in [-0.15, -0.1) is 0 Å². The van der Waals surface area contributed by atoms with Crippen LogP contribution in [0.5, 0.6) is 11.5 Å². The summed E-state index contributed by atoms with van der Waals surface area (Å²) >= 11 is 12.8. The lowest BCUT2D eigenvalue weighted by Gasteiger charge is -2.33. The number of nitrogens with zero attached hydrogens (tertiary/aromatic N) is 2. The summed E-state index contributed by atoms with van der Waals surface area (Å²) in [5.41, 5.74) is 0.706. The fraction of sp³-hybridized carbons (Fsp3) is 0.440. The molecule has 1 heterocycles. The van der Waals surface area contributed by atoms with Crippen molar-refractivity contribution >= 4 is 50.7 Å². The van der Waals surface area contributed by atoms with E-state index in [-0.39, 0.29) is 43.1 Å². The Hall–Kier alpha value is -2.69. The Morgan fingerprint density at radius 1 is 1.05 bits per heavy atom. The van der Waals surface area contributed by atoms with E-state index in [4.69, 9.17) is 32.7 Å². The van der Waals surface area contributed by atoms with Crippen LogP contribution in [0.3, 0.4) is 0 Å². The number of ether oxygens (including phenoxy) is 2. The van der Waals surface area contributed by atoms with Gasteiger partial charge in [-0.3, -0.25) is 13.9 Å². The number of halogens is 2. The van der Waals surface area contributed by atoms with E-state index in [2.05, 4.69) is 5.32 Å². The first kappa shape index (κ1) is 28.9. The number of hydrogen-bond donors (Lipinski definition) is 1. The molecule has 0 radical (unpaired) electrons. The predicted molar refractivity (Wildman–Crippen MR) is 144 cm³/mol. The van der Waals surface area contributed by atoms with E-state index in [1.807, 2.05) is 13.8 Å². The molecule has 0 saturated heterocycles. The second-order valence-electron chi connectivity index (χ2n) is 8.75. The lowest BCUT2D eigenvalue weighted by atomic mass is 10.1. The molecule has 3 rings (SSSR count). The minimum Gasteiger partial charge on any atom is -0.454 e. The van der Waals surface area contributed by atoms with Crippen molar-refractivity contribution in [2.24, 2.45) is 0 Å². The normalized spacial score (nSPS) is 13.4. The maximum Gasteiger partial charge on any atom is 0.244 e. The Balaban J connectivity index is 2.02. The minimum absolute atomic E-state index is 0.0216. The molecule has 2 aromatic rings. The molecule has 202 valence electrons. The highest BCUT2D eigenvalue weighted by atomic mass is 35.5. The number of carbonyl (C=O) groups excluding carboxylic acids is 2. The van der Waals surface area contributed by atoms with Crippen molar-refractivity contribution in [2.45, 2.75) is 52.7 Å². The summed E-state index contributed by atoms with van der Waals surface area (Å²) in [4.78, 5) is 28.3. The first-order chi connectivity index (χ1) is 17.5. The Labute approximate surface area is 227 Å². The summed E-state index contributed by atoms with van der Waals surface area (Å²) < 4.78 is 37.9. The summed E-state index contributed by atoms with van der Waals surface area (Å²) in [6.45, 7) is 6.30. The van der Waals surface area contributed by atoms with Crippen molar-refractivity contribution in [2.75, 3.05) is 23.4 Å². The summed E-state index contributed by atoms with van der Waals surface area (Å²) in [7, 11) is -3.88. The van der Waals surface area contributed by atoms with Crippen molar-refractivity contribution in [3.05, 3.63) is 52.0 Å². The van der Waals surface area contributed by atoms with Gasteiger partial charge < -0.3 is 19.7 Å². The number of fused-ring (bicyclic) bond motifs is 1. The third kappa shape index (κ3) is 6.80. The zero-order chi connectivity index (χ0) is 27.3. The molecule has 2 aromatic carbocycles. The molecular weight excluding hydrogens is 541 g/mol. The molecule has 12 heteroatoms. The van der Waals surface area contributed by atoms with Crippen LogP contribution in [0.1, 0.15) is 39.7 Å². The number of hydrogen-bond acceptors (Lipinski definition) is 6. The highest BCUT2D eigenvalue weighted by molar-refractivity contribution is 7.92. The van der Waals surface area contributed by atoms with Crippen molar-refractivity contribution in [3.63, 3.8) is 0 Å². The molecular formula is C25H31Cl2N3O6S. The van der Waals surface area contributed by atoms with E-state index in [0.717, 1.165) is 4.31 Å². The predicted octanol–water partition coefficient (Wildman–Crippen LogP) is 4.21. The molecule has 37 heavy (non-hydrogen) atoms. The maximum atomic E-state index is 13.8. The minimum atomic E-state index is -3.88. The van der Waals surface area contributed by atoms with Gasteiger partial charge in [0.1, 0.15) is 12.6 Å². The SMILES string of the molecule is CC[C@H](C(=O)NC(C)C)N(Cc1c(Cl)cccc1Cl)C(=O)CN(c1ccc2c(c1)OCO2)S(=O)(=O)CC. The number of sulfonamides is 1. The number of amides is 2. The van der Waals surface area contributed by atoms with E-state index in [1.54, 1.807) is 37.3 Å². The standard InChI is InChI=1S/C25H31Cl2N3O6S/c1-5-21(25(32)28-16(3)4)29(13-18-19(26)8-7-9-20(18)27)24(31)14-30(37(33,34)6-2)17-10-11-22-23(12-17)36-15-35-22/h7-12,16,21H,5-6,13-15H2,1-4H3,(H,28,32)/t21-/m1/s1. The highest BCUT2D eigenvalue weighted by Gasteiger charge is 2.33. The van der Waals surface area contributed by atoms with Gasteiger partial charge in [-0.1, -0.05) is 36.2 Å². The van der Waals surface area contributed by atoms with Gasteiger partial charge in [-0.25, -0.2) is 8.42 Å². The van der Waals surface area contributed by atoms with Gasteiger partial charge in [0, 0.05) is 34.3 Å². The molecule has 0 unspecified atom stereocenters. The zero-order valence-electron chi connectivity index (χ0n) is 21.2. The van der Waals surface area contributed by atoms with Crippen LogP contribution in [0, 0.1) is 0 Å². The van der Waals surface area contributed by atoms with E-state index in [0.29, 0.717) is 27.1 Å². The smallest absolute Gasteiger partial charge is 0.244 e.